The number of hydrogen-bond donors (Lipinski definition) is 0. The lowest BCUT2D eigenvalue weighted by atomic mass is 10.0. The highest BCUT2D eigenvalue weighted by Crippen LogP contribution is 2.26. The average molecular weight is 319 g/mol. The van der Waals surface area contributed by atoms with Crippen LogP contribution in [0.4, 0.5) is 0 Å². The molecule has 3 rings (SSSR count). The molecule has 1 amide bonds. The average Bonchev–Trinajstić information content (AvgIpc) is 3.23. The highest BCUT2D eigenvalue weighted by atomic mass is 16.5. The maximum atomic E-state index is 12.7. The standard InChI is InChI=1S/C18H29N3O2/c1-3-17(23-16-6-4-5-7-16)18(22)20-10-8-15(9-11-20)21-13-14(2)12-19-21/h12-13,15-17H,3-11H2,1-2H3. The number of likely N-dealkylation sites (tertiary alicyclic amines) is 1. The lowest BCUT2D eigenvalue weighted by Crippen LogP contribution is -2.45. The Morgan fingerprint density at radius 2 is 2.00 bits per heavy atom. The Morgan fingerprint density at radius 1 is 1.30 bits per heavy atom. The Morgan fingerprint density at radius 3 is 2.57 bits per heavy atom. The van der Waals surface area contributed by atoms with Crippen molar-refractivity contribution in [3.8, 4) is 0 Å². The van der Waals surface area contributed by atoms with Crippen LogP contribution in [0, 0.1) is 6.92 Å². The van der Waals surface area contributed by atoms with E-state index < -0.39 is 0 Å². The molecule has 1 saturated heterocycles. The van der Waals surface area contributed by atoms with E-state index in [1.165, 1.54) is 18.4 Å². The molecule has 1 aliphatic heterocycles. The summed E-state index contributed by atoms with van der Waals surface area (Å²) in [5.41, 5.74) is 1.19. The molecule has 0 aromatic carbocycles. The second-order valence-electron chi connectivity index (χ2n) is 6.99. The molecule has 1 atom stereocenters. The van der Waals surface area contributed by atoms with Gasteiger partial charge < -0.3 is 9.64 Å². The van der Waals surface area contributed by atoms with Gasteiger partial charge in [0.2, 0.25) is 0 Å². The molecule has 1 aromatic heterocycles. The highest BCUT2D eigenvalue weighted by Gasteiger charge is 2.30. The van der Waals surface area contributed by atoms with Crippen molar-refractivity contribution in [3.63, 3.8) is 0 Å². The first-order valence-electron chi connectivity index (χ1n) is 9.12. The lowest BCUT2D eigenvalue weighted by molar-refractivity contribution is -0.149. The second-order valence-corrected chi connectivity index (χ2v) is 6.99. The first kappa shape index (κ1) is 16.5. The molecule has 128 valence electrons. The first-order valence-corrected chi connectivity index (χ1v) is 9.12. The van der Waals surface area contributed by atoms with Gasteiger partial charge in [-0.1, -0.05) is 19.8 Å². The van der Waals surface area contributed by atoms with Crippen molar-refractivity contribution in [2.75, 3.05) is 13.1 Å². The fraction of sp³-hybridized carbons (Fsp3) is 0.778. The number of carbonyl (C=O) groups is 1. The van der Waals surface area contributed by atoms with Crippen molar-refractivity contribution >= 4 is 5.91 Å². The zero-order valence-corrected chi connectivity index (χ0v) is 14.4. The fourth-order valence-corrected chi connectivity index (χ4v) is 3.77. The largest absolute Gasteiger partial charge is 0.365 e. The van der Waals surface area contributed by atoms with Crippen LogP contribution < -0.4 is 0 Å². The van der Waals surface area contributed by atoms with Crippen molar-refractivity contribution in [2.24, 2.45) is 0 Å². The van der Waals surface area contributed by atoms with Gasteiger partial charge in [0.15, 0.2) is 0 Å². The molecule has 2 fully saturated rings. The maximum Gasteiger partial charge on any atom is 0.251 e. The number of nitrogens with zero attached hydrogens (tertiary/aromatic N) is 3. The van der Waals surface area contributed by atoms with E-state index >= 15 is 0 Å². The quantitative estimate of drug-likeness (QED) is 0.838. The number of aromatic nitrogens is 2. The molecule has 0 radical (unpaired) electrons. The van der Waals surface area contributed by atoms with Crippen LogP contribution in [-0.2, 0) is 9.53 Å². The van der Waals surface area contributed by atoms with E-state index in [-0.39, 0.29) is 12.0 Å². The Balaban J connectivity index is 1.52. The molecule has 1 aromatic rings. The second kappa shape index (κ2) is 7.47. The third-order valence-corrected chi connectivity index (χ3v) is 5.19. The van der Waals surface area contributed by atoms with E-state index in [1.807, 2.05) is 11.1 Å². The summed E-state index contributed by atoms with van der Waals surface area (Å²) in [7, 11) is 0. The van der Waals surface area contributed by atoms with Gasteiger partial charge in [-0.2, -0.15) is 5.10 Å². The van der Waals surface area contributed by atoms with Crippen molar-refractivity contribution in [3.05, 3.63) is 18.0 Å². The normalized spacial score (nSPS) is 21.7. The van der Waals surface area contributed by atoms with Gasteiger partial charge in [0.25, 0.3) is 5.91 Å². The molecule has 2 aliphatic rings. The van der Waals surface area contributed by atoms with Crippen molar-refractivity contribution in [2.45, 2.75) is 77.0 Å². The van der Waals surface area contributed by atoms with Crippen molar-refractivity contribution in [1.82, 2.24) is 14.7 Å². The summed E-state index contributed by atoms with van der Waals surface area (Å²) in [5, 5.41) is 4.42. The van der Waals surface area contributed by atoms with Crippen LogP contribution >= 0.6 is 0 Å². The molecular weight excluding hydrogens is 290 g/mol. The Bertz CT molecular complexity index is 514. The number of aryl methyl sites for hydroxylation is 1. The molecule has 23 heavy (non-hydrogen) atoms. The van der Waals surface area contributed by atoms with E-state index in [0.717, 1.165) is 45.2 Å². The predicted molar refractivity (Wildman–Crippen MR) is 89.2 cm³/mol. The minimum absolute atomic E-state index is 0.189. The van der Waals surface area contributed by atoms with Crippen LogP contribution in [-0.4, -0.2) is 45.9 Å². The van der Waals surface area contributed by atoms with Crippen LogP contribution in [0.3, 0.4) is 0 Å². The zero-order valence-electron chi connectivity index (χ0n) is 14.4. The first-order chi connectivity index (χ1) is 11.2. The maximum absolute atomic E-state index is 12.7. The fourth-order valence-electron chi connectivity index (χ4n) is 3.77. The van der Waals surface area contributed by atoms with Gasteiger partial charge in [-0.15, -0.1) is 0 Å². The summed E-state index contributed by atoms with van der Waals surface area (Å²) < 4.78 is 8.14. The molecule has 1 aliphatic carbocycles. The molecule has 0 bridgehead atoms. The smallest absolute Gasteiger partial charge is 0.251 e. The summed E-state index contributed by atoms with van der Waals surface area (Å²) in [6.45, 7) is 5.74. The lowest BCUT2D eigenvalue weighted by Gasteiger charge is -2.34. The van der Waals surface area contributed by atoms with Crippen LogP contribution in [0.15, 0.2) is 12.4 Å². The molecule has 2 heterocycles. The van der Waals surface area contributed by atoms with E-state index in [9.17, 15) is 4.79 Å². The summed E-state index contributed by atoms with van der Waals surface area (Å²) in [6, 6.07) is 0.420. The number of piperidine rings is 1. The Kier molecular flexibility index (Phi) is 5.36. The zero-order chi connectivity index (χ0) is 16.2. The number of carbonyl (C=O) groups excluding carboxylic acids is 1. The molecule has 1 saturated carbocycles. The van der Waals surface area contributed by atoms with E-state index in [4.69, 9.17) is 4.74 Å². The highest BCUT2D eigenvalue weighted by molar-refractivity contribution is 5.81. The van der Waals surface area contributed by atoms with E-state index in [1.54, 1.807) is 0 Å². The molecule has 5 nitrogen and oxygen atoms in total. The summed E-state index contributed by atoms with van der Waals surface area (Å²) >= 11 is 0. The van der Waals surface area contributed by atoms with E-state index in [2.05, 4.69) is 29.8 Å². The van der Waals surface area contributed by atoms with Gasteiger partial charge in [-0.3, -0.25) is 9.48 Å². The van der Waals surface area contributed by atoms with Gasteiger partial charge in [-0.05, 0) is 44.6 Å². The minimum atomic E-state index is -0.249. The topological polar surface area (TPSA) is 47.4 Å². The molecule has 0 spiro atoms. The summed E-state index contributed by atoms with van der Waals surface area (Å²) in [6.07, 6.45) is 11.5. The van der Waals surface area contributed by atoms with E-state index in [0.29, 0.717) is 12.1 Å². The SMILES string of the molecule is CCC(OC1CCCC1)C(=O)N1CCC(n2cc(C)cn2)CC1. The number of hydrogen-bond acceptors (Lipinski definition) is 3. The number of ether oxygens (including phenoxy) is 1. The third-order valence-electron chi connectivity index (χ3n) is 5.19. The van der Waals surface area contributed by atoms with Crippen LogP contribution in [0.2, 0.25) is 0 Å². The van der Waals surface area contributed by atoms with Gasteiger partial charge in [0, 0.05) is 19.3 Å². The Labute approximate surface area is 139 Å². The van der Waals surface area contributed by atoms with Crippen molar-refractivity contribution < 1.29 is 9.53 Å². The van der Waals surface area contributed by atoms with Gasteiger partial charge >= 0.3 is 0 Å². The number of amides is 1. The van der Waals surface area contributed by atoms with Gasteiger partial charge in [0.1, 0.15) is 6.10 Å². The number of rotatable bonds is 5. The molecule has 0 N–H and O–H groups in total. The predicted octanol–water partition coefficient (Wildman–Crippen LogP) is 3.09. The Hall–Kier alpha value is -1.36. The van der Waals surface area contributed by atoms with Crippen LogP contribution in [0.1, 0.15) is 63.5 Å². The molecule has 1 unspecified atom stereocenters. The van der Waals surface area contributed by atoms with Crippen molar-refractivity contribution in [1.29, 1.82) is 0 Å². The third kappa shape index (κ3) is 3.94. The molecular formula is C18H29N3O2. The monoisotopic (exact) mass is 319 g/mol. The van der Waals surface area contributed by atoms with Crippen LogP contribution in [0.25, 0.3) is 0 Å². The molecule has 5 heteroatoms. The minimum Gasteiger partial charge on any atom is -0.365 e. The summed E-state index contributed by atoms with van der Waals surface area (Å²) in [5.74, 6) is 0.189. The van der Waals surface area contributed by atoms with Crippen LogP contribution in [0.5, 0.6) is 0 Å². The van der Waals surface area contributed by atoms with Gasteiger partial charge in [-0.25, -0.2) is 0 Å². The summed E-state index contributed by atoms with van der Waals surface area (Å²) in [4.78, 5) is 14.7. The van der Waals surface area contributed by atoms with Gasteiger partial charge in [0.05, 0.1) is 18.3 Å².